The summed E-state index contributed by atoms with van der Waals surface area (Å²) in [5.41, 5.74) is 2.99. The van der Waals surface area contributed by atoms with Crippen LogP contribution in [-0.4, -0.2) is 0 Å². The van der Waals surface area contributed by atoms with Crippen molar-refractivity contribution in [1.82, 2.24) is 0 Å². The number of fused-ring (bicyclic) bond motifs is 1. The fraction of sp³-hybridized carbons (Fsp3) is 0.368. The maximum Gasteiger partial charge on any atom is -0.00103 e. The lowest BCUT2D eigenvalue weighted by Gasteiger charge is -2.19. The third kappa shape index (κ3) is 3.07. The molecular weight excluding hydrogens is 228 g/mol. The van der Waals surface area contributed by atoms with Gasteiger partial charge in [0.2, 0.25) is 0 Å². The first-order chi connectivity index (χ1) is 8.91. The SMILES string of the molecule is CC=CC(C)c1ccc2cc(C(C)(C)C)ccc2c1. The van der Waals surface area contributed by atoms with Crippen LogP contribution in [0.3, 0.4) is 0 Å². The Hall–Kier alpha value is -1.56. The van der Waals surface area contributed by atoms with Crippen LogP contribution in [0.4, 0.5) is 0 Å². The molecule has 0 aromatic heterocycles. The maximum atomic E-state index is 2.32. The van der Waals surface area contributed by atoms with Crippen molar-refractivity contribution in [2.24, 2.45) is 0 Å². The molecule has 0 spiro atoms. The summed E-state index contributed by atoms with van der Waals surface area (Å²) >= 11 is 0. The summed E-state index contributed by atoms with van der Waals surface area (Å²) in [4.78, 5) is 0. The minimum Gasteiger partial charge on any atom is -0.0911 e. The van der Waals surface area contributed by atoms with Crippen molar-refractivity contribution >= 4 is 10.8 Å². The molecule has 1 unspecified atom stereocenters. The topological polar surface area (TPSA) is 0 Å². The number of allylic oxidation sites excluding steroid dienone is 2. The quantitative estimate of drug-likeness (QED) is 0.591. The highest BCUT2D eigenvalue weighted by molar-refractivity contribution is 5.84. The first-order valence-electron chi connectivity index (χ1n) is 7.09. The van der Waals surface area contributed by atoms with Crippen LogP contribution in [-0.2, 0) is 5.41 Å². The zero-order valence-electron chi connectivity index (χ0n) is 12.7. The van der Waals surface area contributed by atoms with Crippen LogP contribution in [0.5, 0.6) is 0 Å². The predicted octanol–water partition coefficient (Wildman–Crippen LogP) is 5.82. The molecule has 19 heavy (non-hydrogen) atoms. The fourth-order valence-electron chi connectivity index (χ4n) is 2.41. The molecule has 0 saturated carbocycles. The summed E-state index contributed by atoms with van der Waals surface area (Å²) in [6, 6.07) is 13.6. The molecule has 0 nitrogen and oxygen atoms in total. The van der Waals surface area contributed by atoms with Gasteiger partial charge in [0, 0.05) is 0 Å². The molecule has 0 aliphatic carbocycles. The van der Waals surface area contributed by atoms with Crippen LogP contribution in [0, 0.1) is 0 Å². The van der Waals surface area contributed by atoms with Gasteiger partial charge in [-0.1, -0.05) is 76.2 Å². The number of hydrogen-bond donors (Lipinski definition) is 0. The van der Waals surface area contributed by atoms with E-state index in [1.54, 1.807) is 0 Å². The van der Waals surface area contributed by atoms with E-state index in [1.807, 2.05) is 0 Å². The molecule has 0 N–H and O–H groups in total. The third-order valence-electron chi connectivity index (χ3n) is 3.74. The summed E-state index contributed by atoms with van der Waals surface area (Å²) in [6.45, 7) is 11.1. The van der Waals surface area contributed by atoms with Crippen LogP contribution >= 0.6 is 0 Å². The van der Waals surface area contributed by atoms with Crippen molar-refractivity contribution in [2.75, 3.05) is 0 Å². The van der Waals surface area contributed by atoms with Gasteiger partial charge in [0.25, 0.3) is 0 Å². The minimum atomic E-state index is 0.213. The van der Waals surface area contributed by atoms with E-state index in [-0.39, 0.29) is 5.41 Å². The van der Waals surface area contributed by atoms with E-state index in [1.165, 1.54) is 21.9 Å². The standard InChI is InChI=1S/C19H24/c1-6-7-14(2)15-8-9-17-13-18(19(3,4)5)11-10-16(17)12-15/h6-14H,1-5H3. The Kier molecular flexibility index (Phi) is 3.80. The molecule has 0 bridgehead atoms. The molecule has 0 aliphatic rings. The second kappa shape index (κ2) is 5.21. The summed E-state index contributed by atoms with van der Waals surface area (Å²) in [6.07, 6.45) is 4.36. The molecular formula is C19H24. The van der Waals surface area contributed by atoms with Crippen molar-refractivity contribution in [3.8, 4) is 0 Å². The van der Waals surface area contributed by atoms with Crippen LogP contribution < -0.4 is 0 Å². The lowest BCUT2D eigenvalue weighted by atomic mass is 9.85. The Bertz CT molecular complexity index is 597. The van der Waals surface area contributed by atoms with E-state index >= 15 is 0 Å². The Labute approximate surface area is 117 Å². The average molecular weight is 252 g/mol. The van der Waals surface area contributed by atoms with Crippen LogP contribution in [0.2, 0.25) is 0 Å². The van der Waals surface area contributed by atoms with E-state index in [9.17, 15) is 0 Å². The van der Waals surface area contributed by atoms with Crippen molar-refractivity contribution in [2.45, 2.75) is 46.0 Å². The van der Waals surface area contributed by atoms with Crippen LogP contribution in [0.15, 0.2) is 48.6 Å². The summed E-state index contributed by atoms with van der Waals surface area (Å²) in [7, 11) is 0. The predicted molar refractivity (Wildman–Crippen MR) is 85.9 cm³/mol. The first kappa shape index (κ1) is 13.9. The van der Waals surface area contributed by atoms with Gasteiger partial charge >= 0.3 is 0 Å². The molecule has 2 aromatic carbocycles. The van der Waals surface area contributed by atoms with Gasteiger partial charge in [0.1, 0.15) is 0 Å². The van der Waals surface area contributed by atoms with Crippen molar-refractivity contribution in [3.05, 3.63) is 59.7 Å². The normalized spacial score (nSPS) is 14.2. The molecule has 0 fully saturated rings. The van der Waals surface area contributed by atoms with Crippen LogP contribution in [0.1, 0.15) is 51.7 Å². The number of hydrogen-bond acceptors (Lipinski definition) is 0. The van der Waals surface area contributed by atoms with Gasteiger partial charge in [0.05, 0.1) is 0 Å². The summed E-state index contributed by atoms with van der Waals surface area (Å²) < 4.78 is 0. The highest BCUT2D eigenvalue weighted by Gasteiger charge is 2.13. The highest BCUT2D eigenvalue weighted by atomic mass is 14.2. The molecule has 0 aliphatic heterocycles. The minimum absolute atomic E-state index is 0.213. The van der Waals surface area contributed by atoms with Crippen molar-refractivity contribution < 1.29 is 0 Å². The number of rotatable bonds is 2. The molecule has 100 valence electrons. The Balaban J connectivity index is 2.46. The molecule has 2 rings (SSSR count). The molecule has 0 heteroatoms. The summed E-state index contributed by atoms with van der Waals surface area (Å²) in [5, 5.41) is 2.67. The van der Waals surface area contributed by atoms with Gasteiger partial charge in [-0.15, -0.1) is 0 Å². The first-order valence-corrected chi connectivity index (χ1v) is 7.09. The molecule has 0 amide bonds. The van der Waals surface area contributed by atoms with Gasteiger partial charge in [-0.2, -0.15) is 0 Å². The van der Waals surface area contributed by atoms with Crippen molar-refractivity contribution in [3.63, 3.8) is 0 Å². The highest BCUT2D eigenvalue weighted by Crippen LogP contribution is 2.28. The van der Waals surface area contributed by atoms with Crippen molar-refractivity contribution in [1.29, 1.82) is 0 Å². The van der Waals surface area contributed by atoms with Gasteiger partial charge in [-0.25, -0.2) is 0 Å². The lowest BCUT2D eigenvalue weighted by molar-refractivity contribution is 0.591. The van der Waals surface area contributed by atoms with E-state index in [4.69, 9.17) is 0 Å². The lowest BCUT2D eigenvalue weighted by Crippen LogP contribution is -2.10. The van der Waals surface area contributed by atoms with Crippen LogP contribution in [0.25, 0.3) is 10.8 Å². The van der Waals surface area contributed by atoms with Gasteiger partial charge in [-0.05, 0) is 40.2 Å². The zero-order valence-corrected chi connectivity index (χ0v) is 12.7. The van der Waals surface area contributed by atoms with Gasteiger partial charge in [-0.3, -0.25) is 0 Å². The average Bonchev–Trinajstić information content (AvgIpc) is 2.36. The Morgan fingerprint density at radius 1 is 0.947 bits per heavy atom. The largest absolute Gasteiger partial charge is 0.0911 e. The molecule has 0 heterocycles. The van der Waals surface area contributed by atoms with Gasteiger partial charge < -0.3 is 0 Å². The maximum absolute atomic E-state index is 2.32. The second-order valence-electron chi connectivity index (χ2n) is 6.39. The zero-order chi connectivity index (χ0) is 14.0. The molecule has 0 radical (unpaired) electrons. The molecule has 0 saturated heterocycles. The third-order valence-corrected chi connectivity index (χ3v) is 3.74. The Morgan fingerprint density at radius 3 is 2.21 bits per heavy atom. The smallest absolute Gasteiger partial charge is 0.00103 e. The van der Waals surface area contributed by atoms with E-state index in [0.29, 0.717) is 5.92 Å². The van der Waals surface area contributed by atoms with E-state index in [2.05, 4.69) is 83.2 Å². The second-order valence-corrected chi connectivity index (χ2v) is 6.39. The van der Waals surface area contributed by atoms with E-state index < -0.39 is 0 Å². The van der Waals surface area contributed by atoms with Gasteiger partial charge in [0.15, 0.2) is 0 Å². The Morgan fingerprint density at radius 2 is 1.58 bits per heavy atom. The molecule has 1 atom stereocenters. The summed E-state index contributed by atoms with van der Waals surface area (Å²) in [5.74, 6) is 0.483. The van der Waals surface area contributed by atoms with E-state index in [0.717, 1.165) is 0 Å². The molecule has 2 aromatic rings. The number of benzene rings is 2. The monoisotopic (exact) mass is 252 g/mol. The fourth-order valence-corrected chi connectivity index (χ4v) is 2.41.